The number of hydrogen-bond acceptors (Lipinski definition) is 3. The largest absolute Gasteiger partial charge is 0.507 e. The van der Waals surface area contributed by atoms with Crippen LogP contribution in [0.4, 0.5) is 10.5 Å². The average Bonchev–Trinajstić information content (AvgIpc) is 2.75. The molecule has 1 saturated carbocycles. The van der Waals surface area contributed by atoms with Gasteiger partial charge in [-0.1, -0.05) is 29.6 Å². The Bertz CT molecular complexity index is 535. The first kappa shape index (κ1) is 12.9. The number of carbonyl (C=O) groups is 1. The van der Waals surface area contributed by atoms with E-state index in [1.165, 1.54) is 0 Å². The van der Waals surface area contributed by atoms with Crippen LogP contribution in [0, 0.1) is 5.92 Å². The van der Waals surface area contributed by atoms with Crippen molar-refractivity contribution in [1.29, 1.82) is 0 Å². The minimum Gasteiger partial charge on any atom is -0.450 e. The second-order valence-corrected chi connectivity index (χ2v) is 5.84. The number of rotatable bonds is 1. The number of benzene rings is 1. The molecule has 3 unspecified atom stereocenters. The lowest BCUT2D eigenvalue weighted by molar-refractivity contribution is 0.0329. The average molecular weight is 302 g/mol. The molecule has 6 heteroatoms. The summed E-state index contributed by atoms with van der Waals surface area (Å²) in [5, 5.41) is 13.1. The highest BCUT2D eigenvalue weighted by Crippen LogP contribution is 2.51. The predicted octanol–water partition coefficient (Wildman–Crippen LogP) is 4.32. The Hall–Kier alpha value is -1.13. The highest BCUT2D eigenvalue weighted by atomic mass is 35.5. The molecular formula is C13H13Cl2NO3. The molecular weight excluding hydrogens is 289 g/mol. The predicted molar refractivity (Wildman–Crippen MR) is 73.1 cm³/mol. The molecule has 0 bridgehead atoms. The Morgan fingerprint density at radius 2 is 2.16 bits per heavy atom. The molecule has 3 rings (SSSR count). The van der Waals surface area contributed by atoms with Gasteiger partial charge in [0.25, 0.3) is 0 Å². The molecule has 2 N–H and O–H groups in total. The molecule has 4 nitrogen and oxygen atoms in total. The number of fused-ring (bicyclic) bond motifs is 3. The summed E-state index contributed by atoms with van der Waals surface area (Å²) in [6, 6.07) is 3.51. The van der Waals surface area contributed by atoms with Crippen LogP contribution >= 0.6 is 23.2 Å². The van der Waals surface area contributed by atoms with Crippen LogP contribution in [0.1, 0.15) is 30.7 Å². The molecule has 1 fully saturated rings. The fourth-order valence-electron chi connectivity index (χ4n) is 3.28. The second-order valence-electron chi connectivity index (χ2n) is 5.00. The standard InChI is InChI=1S/C13H13Cl2NO3/c14-6-4-9(15)11-7-2-1-3-8(7)12(19-13(17)18)16-10(11)5-6/h4-5,7-8,12,16H,1-3H2,(H,17,18). The number of anilines is 1. The summed E-state index contributed by atoms with van der Waals surface area (Å²) >= 11 is 12.3. The van der Waals surface area contributed by atoms with E-state index in [4.69, 9.17) is 33.0 Å². The number of ether oxygens (including phenoxy) is 1. The van der Waals surface area contributed by atoms with Crippen LogP contribution < -0.4 is 5.32 Å². The van der Waals surface area contributed by atoms with Crippen LogP contribution in [0.2, 0.25) is 10.0 Å². The van der Waals surface area contributed by atoms with E-state index in [0.717, 1.165) is 30.5 Å². The highest BCUT2D eigenvalue weighted by Gasteiger charge is 2.42. The van der Waals surface area contributed by atoms with Crippen molar-refractivity contribution in [2.24, 2.45) is 5.92 Å². The SMILES string of the molecule is O=C(O)OC1Nc2cc(Cl)cc(Cl)c2C2CCCC12. The summed E-state index contributed by atoms with van der Waals surface area (Å²) in [7, 11) is 0. The van der Waals surface area contributed by atoms with Gasteiger partial charge in [-0.25, -0.2) is 4.79 Å². The maximum Gasteiger partial charge on any atom is 0.507 e. The van der Waals surface area contributed by atoms with Gasteiger partial charge in [0.05, 0.1) is 0 Å². The second kappa shape index (κ2) is 4.76. The van der Waals surface area contributed by atoms with Gasteiger partial charge in [-0.2, -0.15) is 0 Å². The molecule has 0 radical (unpaired) electrons. The number of nitrogens with one attached hydrogen (secondary N) is 1. The minimum atomic E-state index is -1.26. The normalized spacial score (nSPS) is 28.2. The molecule has 2 aliphatic rings. The molecule has 102 valence electrons. The van der Waals surface area contributed by atoms with Crippen molar-refractivity contribution in [3.8, 4) is 0 Å². The summed E-state index contributed by atoms with van der Waals surface area (Å²) in [6.45, 7) is 0. The van der Waals surface area contributed by atoms with E-state index in [0.29, 0.717) is 10.0 Å². The first-order valence-corrected chi connectivity index (χ1v) is 6.97. The molecule has 0 saturated heterocycles. The van der Waals surface area contributed by atoms with E-state index in [2.05, 4.69) is 5.32 Å². The maximum absolute atomic E-state index is 10.8. The lowest BCUT2D eigenvalue weighted by Gasteiger charge is -2.36. The van der Waals surface area contributed by atoms with Crippen LogP contribution in [0.5, 0.6) is 0 Å². The van der Waals surface area contributed by atoms with E-state index < -0.39 is 12.4 Å². The van der Waals surface area contributed by atoms with E-state index in [9.17, 15) is 4.79 Å². The monoisotopic (exact) mass is 301 g/mol. The third kappa shape index (κ3) is 2.23. The fraction of sp³-hybridized carbons (Fsp3) is 0.462. The van der Waals surface area contributed by atoms with E-state index >= 15 is 0 Å². The summed E-state index contributed by atoms with van der Waals surface area (Å²) in [6.07, 6.45) is 1.20. The molecule has 1 aromatic carbocycles. The Kier molecular flexibility index (Phi) is 3.23. The van der Waals surface area contributed by atoms with Crippen molar-refractivity contribution in [1.82, 2.24) is 0 Å². The molecule has 0 aromatic heterocycles. The van der Waals surface area contributed by atoms with E-state index in [1.807, 2.05) is 0 Å². The smallest absolute Gasteiger partial charge is 0.450 e. The van der Waals surface area contributed by atoms with Crippen molar-refractivity contribution in [2.75, 3.05) is 5.32 Å². The highest BCUT2D eigenvalue weighted by molar-refractivity contribution is 6.35. The zero-order valence-corrected chi connectivity index (χ0v) is 11.5. The summed E-state index contributed by atoms with van der Waals surface area (Å²) in [4.78, 5) is 10.8. The zero-order valence-electron chi connectivity index (χ0n) is 10.0. The van der Waals surface area contributed by atoms with Crippen LogP contribution in [0.15, 0.2) is 12.1 Å². The van der Waals surface area contributed by atoms with Gasteiger partial charge in [0.15, 0.2) is 6.23 Å². The van der Waals surface area contributed by atoms with Crippen LogP contribution in [0.25, 0.3) is 0 Å². The lowest BCUT2D eigenvalue weighted by atomic mass is 9.83. The van der Waals surface area contributed by atoms with Crippen LogP contribution in [-0.2, 0) is 4.74 Å². The van der Waals surface area contributed by atoms with Crippen LogP contribution in [-0.4, -0.2) is 17.5 Å². The van der Waals surface area contributed by atoms with Gasteiger partial charge in [-0.15, -0.1) is 0 Å². The van der Waals surface area contributed by atoms with Crippen molar-refractivity contribution in [2.45, 2.75) is 31.4 Å². The molecule has 1 aliphatic carbocycles. The van der Waals surface area contributed by atoms with Gasteiger partial charge in [-0.05, 0) is 36.5 Å². The minimum absolute atomic E-state index is 0.141. The first-order valence-electron chi connectivity index (χ1n) is 6.21. The van der Waals surface area contributed by atoms with Crippen molar-refractivity contribution in [3.05, 3.63) is 27.7 Å². The topological polar surface area (TPSA) is 58.6 Å². The van der Waals surface area contributed by atoms with Crippen molar-refractivity contribution >= 4 is 35.0 Å². The number of hydrogen-bond donors (Lipinski definition) is 2. The summed E-state index contributed by atoms with van der Waals surface area (Å²) in [5.41, 5.74) is 1.82. The summed E-state index contributed by atoms with van der Waals surface area (Å²) in [5.74, 6) is 0.382. The van der Waals surface area contributed by atoms with E-state index in [1.54, 1.807) is 12.1 Å². The quantitative estimate of drug-likeness (QED) is 0.758. The van der Waals surface area contributed by atoms with Gasteiger partial charge in [0.1, 0.15) is 0 Å². The fourth-order valence-corrected chi connectivity index (χ4v) is 3.91. The number of carboxylic acid groups (broad SMARTS) is 1. The van der Waals surface area contributed by atoms with Gasteiger partial charge in [0.2, 0.25) is 0 Å². The Morgan fingerprint density at radius 1 is 1.37 bits per heavy atom. The van der Waals surface area contributed by atoms with E-state index in [-0.39, 0.29) is 11.8 Å². The molecule has 3 atom stereocenters. The van der Waals surface area contributed by atoms with Crippen molar-refractivity contribution in [3.63, 3.8) is 0 Å². The third-order valence-electron chi connectivity index (χ3n) is 3.95. The van der Waals surface area contributed by atoms with Gasteiger partial charge >= 0.3 is 6.16 Å². The third-order valence-corrected chi connectivity index (χ3v) is 4.48. The van der Waals surface area contributed by atoms with Gasteiger partial charge < -0.3 is 15.2 Å². The van der Waals surface area contributed by atoms with Gasteiger partial charge in [0, 0.05) is 21.7 Å². The first-order chi connectivity index (χ1) is 9.06. The molecule has 0 spiro atoms. The molecule has 1 aromatic rings. The van der Waals surface area contributed by atoms with Crippen LogP contribution in [0.3, 0.4) is 0 Å². The Morgan fingerprint density at radius 3 is 2.89 bits per heavy atom. The molecule has 0 amide bonds. The summed E-state index contributed by atoms with van der Waals surface area (Å²) < 4.78 is 4.96. The van der Waals surface area contributed by atoms with Crippen molar-refractivity contribution < 1.29 is 14.6 Å². The maximum atomic E-state index is 10.8. The Labute approximate surface area is 120 Å². The molecule has 1 heterocycles. The molecule has 1 aliphatic heterocycles. The number of halogens is 2. The lowest BCUT2D eigenvalue weighted by Crippen LogP contribution is -2.39. The Balaban J connectivity index is 2.03. The van der Waals surface area contributed by atoms with Gasteiger partial charge in [-0.3, -0.25) is 0 Å². The molecule has 19 heavy (non-hydrogen) atoms. The zero-order chi connectivity index (χ0) is 13.6.